The molecule has 2 aromatic rings. The molecule has 0 aromatic heterocycles. The van der Waals surface area contributed by atoms with E-state index in [4.69, 9.17) is 15.2 Å². The number of nitrogens with zero attached hydrogens (tertiary/aromatic N) is 1. The second kappa shape index (κ2) is 6.71. The summed E-state index contributed by atoms with van der Waals surface area (Å²) in [7, 11) is 0. The molecule has 0 atom stereocenters. The van der Waals surface area contributed by atoms with Crippen LogP contribution in [0.5, 0.6) is 17.2 Å². The Morgan fingerprint density at radius 2 is 1.90 bits per heavy atom. The van der Waals surface area contributed by atoms with Crippen molar-refractivity contribution in [2.24, 2.45) is 5.73 Å². The molecule has 0 aliphatic carbocycles. The highest BCUT2D eigenvalue weighted by atomic mass is 16.6. The number of nitro benzene ring substituents is 1. The number of nitrogens with two attached hydrogens (primary N) is 1. The Kier molecular flexibility index (Phi) is 4.73. The average molecular weight is 288 g/mol. The zero-order valence-electron chi connectivity index (χ0n) is 11.6. The normalized spacial score (nSPS) is 10.2. The summed E-state index contributed by atoms with van der Waals surface area (Å²) in [5.41, 5.74) is 6.27. The molecule has 0 bridgehead atoms. The molecular weight excluding hydrogens is 272 g/mol. The summed E-state index contributed by atoms with van der Waals surface area (Å²) in [6.45, 7) is 2.48. The highest BCUT2D eigenvalue weighted by Gasteiger charge is 2.22. The van der Waals surface area contributed by atoms with Gasteiger partial charge in [-0.3, -0.25) is 10.1 Å². The van der Waals surface area contributed by atoms with Gasteiger partial charge in [0.25, 0.3) is 0 Å². The van der Waals surface area contributed by atoms with Crippen LogP contribution in [0.3, 0.4) is 0 Å². The molecule has 2 rings (SSSR count). The van der Waals surface area contributed by atoms with Crippen molar-refractivity contribution in [1.82, 2.24) is 0 Å². The Morgan fingerprint density at radius 1 is 1.19 bits per heavy atom. The molecule has 0 unspecified atom stereocenters. The first kappa shape index (κ1) is 14.8. The molecule has 0 heterocycles. The number of para-hydroxylation sites is 1. The standard InChI is InChI=1S/C15H16N2O4/c1-2-20-13-7-4-8-14(15(13)17(18)19)21-12-6-3-5-11(9-12)10-16/h3-9H,2,10,16H2,1H3. The van der Waals surface area contributed by atoms with Gasteiger partial charge in [-0.05, 0) is 36.8 Å². The summed E-state index contributed by atoms with van der Waals surface area (Å²) in [4.78, 5) is 10.7. The van der Waals surface area contributed by atoms with E-state index in [1.807, 2.05) is 6.07 Å². The highest BCUT2D eigenvalue weighted by Crippen LogP contribution is 2.39. The zero-order chi connectivity index (χ0) is 15.2. The van der Waals surface area contributed by atoms with Crippen LogP contribution in [0.4, 0.5) is 5.69 Å². The topological polar surface area (TPSA) is 87.6 Å². The molecule has 0 aliphatic heterocycles. The first-order valence-corrected chi connectivity index (χ1v) is 6.52. The van der Waals surface area contributed by atoms with Gasteiger partial charge in [0.05, 0.1) is 11.5 Å². The molecule has 2 aromatic carbocycles. The third-order valence-corrected chi connectivity index (χ3v) is 2.81. The fourth-order valence-corrected chi connectivity index (χ4v) is 1.90. The number of nitro groups is 1. The second-order valence-electron chi connectivity index (χ2n) is 4.25. The lowest BCUT2D eigenvalue weighted by Crippen LogP contribution is -2.00. The van der Waals surface area contributed by atoms with Crippen LogP contribution in [0.15, 0.2) is 42.5 Å². The Labute approximate surface area is 122 Å². The average Bonchev–Trinajstić information content (AvgIpc) is 2.47. The highest BCUT2D eigenvalue weighted by molar-refractivity contribution is 5.58. The maximum Gasteiger partial charge on any atom is 0.352 e. The molecule has 6 heteroatoms. The predicted octanol–water partition coefficient (Wildman–Crippen LogP) is 3.24. The van der Waals surface area contributed by atoms with E-state index in [1.165, 1.54) is 6.07 Å². The summed E-state index contributed by atoms with van der Waals surface area (Å²) in [5.74, 6) is 0.824. The summed E-state index contributed by atoms with van der Waals surface area (Å²) >= 11 is 0. The van der Waals surface area contributed by atoms with Gasteiger partial charge in [0.1, 0.15) is 5.75 Å². The zero-order valence-corrected chi connectivity index (χ0v) is 11.6. The fraction of sp³-hybridized carbons (Fsp3) is 0.200. The van der Waals surface area contributed by atoms with Gasteiger partial charge in [-0.1, -0.05) is 18.2 Å². The SMILES string of the molecule is CCOc1cccc(Oc2cccc(CN)c2)c1[N+](=O)[O-]. The van der Waals surface area contributed by atoms with Gasteiger partial charge in [0.15, 0.2) is 0 Å². The number of benzene rings is 2. The van der Waals surface area contributed by atoms with Crippen LogP contribution >= 0.6 is 0 Å². The molecule has 110 valence electrons. The van der Waals surface area contributed by atoms with Crippen molar-refractivity contribution in [3.63, 3.8) is 0 Å². The van der Waals surface area contributed by atoms with Gasteiger partial charge in [-0.2, -0.15) is 0 Å². The number of hydrogen-bond acceptors (Lipinski definition) is 5. The molecule has 0 fully saturated rings. The summed E-state index contributed by atoms with van der Waals surface area (Å²) in [5, 5.41) is 11.3. The fourth-order valence-electron chi connectivity index (χ4n) is 1.90. The summed E-state index contributed by atoms with van der Waals surface area (Å²) in [6.07, 6.45) is 0. The molecule has 0 aliphatic rings. The second-order valence-corrected chi connectivity index (χ2v) is 4.25. The maximum atomic E-state index is 11.3. The molecule has 6 nitrogen and oxygen atoms in total. The Morgan fingerprint density at radius 3 is 2.57 bits per heavy atom. The van der Waals surface area contributed by atoms with Crippen molar-refractivity contribution in [3.8, 4) is 17.2 Å². The number of ether oxygens (including phenoxy) is 2. The van der Waals surface area contributed by atoms with Gasteiger partial charge in [0, 0.05) is 6.54 Å². The van der Waals surface area contributed by atoms with Crippen LogP contribution in [0.25, 0.3) is 0 Å². The molecule has 2 N–H and O–H groups in total. The van der Waals surface area contributed by atoms with Gasteiger partial charge in [0.2, 0.25) is 11.5 Å². The van der Waals surface area contributed by atoms with E-state index in [2.05, 4.69) is 0 Å². The van der Waals surface area contributed by atoms with Gasteiger partial charge in [-0.25, -0.2) is 0 Å². The van der Waals surface area contributed by atoms with Gasteiger partial charge >= 0.3 is 5.69 Å². The van der Waals surface area contributed by atoms with Crippen LogP contribution in [-0.4, -0.2) is 11.5 Å². The van der Waals surface area contributed by atoms with E-state index in [0.717, 1.165) is 5.56 Å². The first-order valence-electron chi connectivity index (χ1n) is 6.52. The van der Waals surface area contributed by atoms with Gasteiger partial charge < -0.3 is 15.2 Å². The minimum atomic E-state index is -0.507. The van der Waals surface area contributed by atoms with E-state index in [1.54, 1.807) is 37.3 Å². The largest absolute Gasteiger partial charge is 0.487 e. The van der Waals surface area contributed by atoms with Crippen LogP contribution in [0.2, 0.25) is 0 Å². The minimum Gasteiger partial charge on any atom is -0.487 e. The smallest absolute Gasteiger partial charge is 0.352 e. The van der Waals surface area contributed by atoms with Crippen molar-refractivity contribution in [2.45, 2.75) is 13.5 Å². The molecule has 21 heavy (non-hydrogen) atoms. The van der Waals surface area contributed by atoms with Crippen LogP contribution in [-0.2, 0) is 6.54 Å². The lowest BCUT2D eigenvalue weighted by molar-refractivity contribution is -0.386. The van der Waals surface area contributed by atoms with Crippen LogP contribution < -0.4 is 15.2 Å². The van der Waals surface area contributed by atoms with E-state index < -0.39 is 4.92 Å². The van der Waals surface area contributed by atoms with E-state index in [9.17, 15) is 10.1 Å². The van der Waals surface area contributed by atoms with Crippen molar-refractivity contribution < 1.29 is 14.4 Å². The lowest BCUT2D eigenvalue weighted by Gasteiger charge is -2.10. The molecule has 0 saturated heterocycles. The molecule has 0 amide bonds. The van der Waals surface area contributed by atoms with Gasteiger partial charge in [-0.15, -0.1) is 0 Å². The first-order chi connectivity index (χ1) is 10.2. The minimum absolute atomic E-state index is 0.139. The molecule has 0 radical (unpaired) electrons. The Hall–Kier alpha value is -2.60. The van der Waals surface area contributed by atoms with Crippen molar-refractivity contribution in [3.05, 3.63) is 58.1 Å². The Balaban J connectivity index is 2.38. The summed E-state index contributed by atoms with van der Waals surface area (Å²) < 4.78 is 10.9. The van der Waals surface area contributed by atoms with Crippen molar-refractivity contribution in [2.75, 3.05) is 6.61 Å². The van der Waals surface area contributed by atoms with Crippen LogP contribution in [0.1, 0.15) is 12.5 Å². The number of rotatable bonds is 6. The third kappa shape index (κ3) is 3.49. The van der Waals surface area contributed by atoms with Crippen molar-refractivity contribution in [1.29, 1.82) is 0 Å². The van der Waals surface area contributed by atoms with E-state index in [0.29, 0.717) is 18.9 Å². The van der Waals surface area contributed by atoms with Crippen molar-refractivity contribution >= 4 is 5.69 Å². The van der Waals surface area contributed by atoms with Crippen LogP contribution in [0, 0.1) is 10.1 Å². The third-order valence-electron chi connectivity index (χ3n) is 2.81. The predicted molar refractivity (Wildman–Crippen MR) is 78.7 cm³/mol. The Bertz CT molecular complexity index is 643. The monoisotopic (exact) mass is 288 g/mol. The number of hydrogen-bond donors (Lipinski definition) is 1. The maximum absolute atomic E-state index is 11.3. The molecule has 0 spiro atoms. The quantitative estimate of drug-likeness (QED) is 0.651. The lowest BCUT2D eigenvalue weighted by atomic mass is 10.2. The molecule has 0 saturated carbocycles. The summed E-state index contributed by atoms with van der Waals surface area (Å²) in [6, 6.07) is 11.8. The molecular formula is C15H16N2O4. The van der Waals surface area contributed by atoms with E-state index >= 15 is 0 Å². The van der Waals surface area contributed by atoms with E-state index in [-0.39, 0.29) is 17.2 Å².